The van der Waals surface area contributed by atoms with Crippen molar-refractivity contribution in [3.8, 4) is 0 Å². The van der Waals surface area contributed by atoms with E-state index >= 15 is 0 Å². The van der Waals surface area contributed by atoms with Crippen LogP contribution in [0.5, 0.6) is 0 Å². The maximum atomic E-state index is 14.4. The van der Waals surface area contributed by atoms with Crippen molar-refractivity contribution in [1.82, 2.24) is 4.90 Å². The van der Waals surface area contributed by atoms with Gasteiger partial charge in [0.05, 0.1) is 0 Å². The van der Waals surface area contributed by atoms with E-state index in [-0.39, 0.29) is 0 Å². The highest BCUT2D eigenvalue weighted by Crippen LogP contribution is 2.50. The van der Waals surface area contributed by atoms with E-state index in [0.29, 0.717) is 6.54 Å². The minimum absolute atomic E-state index is 0.413. The average molecular weight is 334 g/mol. The summed E-state index contributed by atoms with van der Waals surface area (Å²) in [6.07, 6.45) is 0. The molecule has 1 aliphatic heterocycles. The summed E-state index contributed by atoms with van der Waals surface area (Å²) in [7, 11) is 0. The molecule has 0 aromatic heterocycles. The molecule has 3 rings (SSSR count). The van der Waals surface area contributed by atoms with Crippen molar-refractivity contribution in [2.75, 3.05) is 0 Å². The van der Waals surface area contributed by atoms with Gasteiger partial charge in [-0.1, -0.05) is 60.7 Å². The van der Waals surface area contributed by atoms with Gasteiger partial charge in [-0.15, -0.1) is 0 Å². The normalized spacial score (nSPS) is 25.4. The number of carbonyl (C=O) groups excluding carboxylic acids is 1. The average Bonchev–Trinajstić information content (AvgIpc) is 2.48. The molecule has 0 bridgehead atoms. The first-order valence-corrected chi connectivity index (χ1v) is 7.18. The monoisotopic (exact) mass is 333 g/mol. The predicted octanol–water partition coefficient (Wildman–Crippen LogP) is 3.83. The van der Waals surface area contributed by atoms with Gasteiger partial charge in [-0.25, -0.2) is 4.39 Å². The Morgan fingerprint density at radius 1 is 1.05 bits per heavy atom. The van der Waals surface area contributed by atoms with Crippen LogP contribution in [0.3, 0.4) is 0 Å². The third kappa shape index (κ3) is 2.14. The molecule has 0 saturated carbocycles. The molecule has 4 heteroatoms. The Balaban J connectivity index is 1.88. The molecule has 0 unspecified atom stereocenters. The second-order valence-corrected chi connectivity index (χ2v) is 6.01. The molecule has 0 aliphatic carbocycles. The summed E-state index contributed by atoms with van der Waals surface area (Å²) in [5.41, 5.74) is 1.78. The van der Waals surface area contributed by atoms with Gasteiger partial charge in [-0.05, 0) is 27.1 Å². The van der Waals surface area contributed by atoms with E-state index in [9.17, 15) is 9.18 Å². The number of hydrogen-bond donors (Lipinski definition) is 0. The van der Waals surface area contributed by atoms with Crippen LogP contribution in [0.15, 0.2) is 60.7 Å². The molecule has 0 spiro atoms. The van der Waals surface area contributed by atoms with E-state index in [1.807, 2.05) is 60.7 Å². The van der Waals surface area contributed by atoms with E-state index in [1.165, 1.54) is 0 Å². The maximum Gasteiger partial charge on any atom is 0.274 e. The standard InChI is InChI=1S/C16H13BrFNO/c17-16(18)14(13-9-5-2-6-10-13)19(15(16)20)11-12-7-3-1-4-8-12/h1-10,14H,11H2/t14-,16-/m0/s1. The Hall–Kier alpha value is -1.68. The zero-order valence-electron chi connectivity index (χ0n) is 10.7. The molecule has 1 heterocycles. The largest absolute Gasteiger partial charge is 0.323 e. The van der Waals surface area contributed by atoms with Gasteiger partial charge >= 0.3 is 0 Å². The first-order valence-electron chi connectivity index (χ1n) is 6.38. The molecular formula is C16H13BrFNO. The van der Waals surface area contributed by atoms with Crippen molar-refractivity contribution in [2.24, 2.45) is 0 Å². The van der Waals surface area contributed by atoms with Crippen molar-refractivity contribution in [1.29, 1.82) is 0 Å². The number of hydrogen-bond acceptors (Lipinski definition) is 1. The summed E-state index contributed by atoms with van der Waals surface area (Å²) in [6, 6.07) is 18.3. The number of amides is 1. The van der Waals surface area contributed by atoms with Gasteiger partial charge < -0.3 is 4.90 Å². The molecule has 2 nitrogen and oxygen atoms in total. The van der Waals surface area contributed by atoms with Crippen molar-refractivity contribution < 1.29 is 9.18 Å². The summed E-state index contributed by atoms with van der Waals surface area (Å²) >= 11 is 2.93. The Labute approximate surface area is 125 Å². The minimum atomic E-state index is -2.00. The van der Waals surface area contributed by atoms with Gasteiger partial charge in [0.25, 0.3) is 10.5 Å². The summed E-state index contributed by atoms with van der Waals surface area (Å²) in [4.78, 5) is 13.5. The number of carbonyl (C=O) groups is 1. The lowest BCUT2D eigenvalue weighted by molar-refractivity contribution is -0.164. The molecule has 2 aromatic carbocycles. The Morgan fingerprint density at radius 2 is 1.60 bits per heavy atom. The number of benzene rings is 2. The van der Waals surface area contributed by atoms with Crippen molar-refractivity contribution in [3.05, 3.63) is 71.8 Å². The topological polar surface area (TPSA) is 20.3 Å². The molecule has 1 fully saturated rings. The Morgan fingerprint density at radius 3 is 2.20 bits per heavy atom. The van der Waals surface area contributed by atoms with E-state index in [2.05, 4.69) is 15.9 Å². The van der Waals surface area contributed by atoms with Crippen LogP contribution in [0, 0.1) is 0 Å². The van der Waals surface area contributed by atoms with Gasteiger partial charge in [-0.2, -0.15) is 0 Å². The zero-order valence-corrected chi connectivity index (χ0v) is 12.3. The van der Waals surface area contributed by atoms with Crippen LogP contribution in [0.4, 0.5) is 4.39 Å². The van der Waals surface area contributed by atoms with Crippen molar-refractivity contribution in [2.45, 2.75) is 17.2 Å². The molecule has 20 heavy (non-hydrogen) atoms. The SMILES string of the molecule is O=C1N(Cc2ccccc2)[C@@H](c2ccccc2)[C@@]1(F)Br. The van der Waals surface area contributed by atoms with Crippen LogP contribution in [0.25, 0.3) is 0 Å². The first kappa shape index (κ1) is 13.3. The lowest BCUT2D eigenvalue weighted by Gasteiger charge is -2.48. The second kappa shape index (κ2) is 5.02. The van der Waals surface area contributed by atoms with Crippen LogP contribution in [-0.4, -0.2) is 15.4 Å². The number of rotatable bonds is 3. The van der Waals surface area contributed by atoms with Crippen LogP contribution >= 0.6 is 15.9 Å². The summed E-state index contributed by atoms with van der Waals surface area (Å²) in [5.74, 6) is -0.518. The number of β-lactam (4-membered cyclic amide) rings is 1. The van der Waals surface area contributed by atoms with Crippen molar-refractivity contribution in [3.63, 3.8) is 0 Å². The zero-order chi connectivity index (χ0) is 14.2. The molecular weight excluding hydrogens is 321 g/mol. The van der Waals surface area contributed by atoms with Crippen LogP contribution < -0.4 is 0 Å². The van der Waals surface area contributed by atoms with Crippen LogP contribution in [0.2, 0.25) is 0 Å². The van der Waals surface area contributed by atoms with Crippen molar-refractivity contribution >= 4 is 21.8 Å². The van der Waals surface area contributed by atoms with Crippen LogP contribution in [-0.2, 0) is 11.3 Å². The minimum Gasteiger partial charge on any atom is -0.323 e. The van der Waals surface area contributed by atoms with Crippen LogP contribution in [0.1, 0.15) is 17.2 Å². The van der Waals surface area contributed by atoms with Gasteiger partial charge in [-0.3, -0.25) is 4.79 Å². The van der Waals surface area contributed by atoms with Gasteiger partial charge in [0.15, 0.2) is 0 Å². The number of likely N-dealkylation sites (tertiary alicyclic amines) is 1. The lowest BCUT2D eigenvalue weighted by atomic mass is 9.91. The highest BCUT2D eigenvalue weighted by molar-refractivity contribution is 9.10. The fraction of sp³-hybridized carbons (Fsp3) is 0.188. The number of halogens is 2. The summed E-state index contributed by atoms with van der Waals surface area (Å²) in [6.45, 7) is 0.413. The Bertz CT molecular complexity index is 615. The van der Waals surface area contributed by atoms with Gasteiger partial charge in [0, 0.05) is 6.54 Å². The molecule has 2 aromatic rings. The molecule has 0 N–H and O–H groups in total. The maximum absolute atomic E-state index is 14.4. The fourth-order valence-electron chi connectivity index (χ4n) is 2.52. The number of nitrogens with zero attached hydrogens (tertiary/aromatic N) is 1. The van der Waals surface area contributed by atoms with E-state index in [0.717, 1.165) is 11.1 Å². The third-order valence-electron chi connectivity index (χ3n) is 3.51. The molecule has 1 amide bonds. The molecule has 102 valence electrons. The smallest absolute Gasteiger partial charge is 0.274 e. The Kier molecular flexibility index (Phi) is 3.34. The molecule has 2 atom stereocenters. The second-order valence-electron chi connectivity index (χ2n) is 4.85. The molecule has 1 aliphatic rings. The number of alkyl halides is 2. The third-order valence-corrected chi connectivity index (χ3v) is 4.29. The van der Waals surface area contributed by atoms with E-state index < -0.39 is 16.5 Å². The first-order chi connectivity index (χ1) is 9.60. The molecule has 1 saturated heterocycles. The summed E-state index contributed by atoms with van der Waals surface area (Å²) in [5, 5.41) is 0. The quantitative estimate of drug-likeness (QED) is 0.617. The summed E-state index contributed by atoms with van der Waals surface area (Å²) < 4.78 is 12.4. The van der Waals surface area contributed by atoms with Gasteiger partial charge in [0.1, 0.15) is 6.04 Å². The molecule has 0 radical (unpaired) electrons. The highest BCUT2D eigenvalue weighted by Gasteiger charge is 2.60. The van der Waals surface area contributed by atoms with E-state index in [1.54, 1.807) is 4.90 Å². The lowest BCUT2D eigenvalue weighted by Crippen LogP contribution is -2.62. The predicted molar refractivity (Wildman–Crippen MR) is 78.9 cm³/mol. The fourth-order valence-corrected chi connectivity index (χ4v) is 3.26. The van der Waals surface area contributed by atoms with Gasteiger partial charge in [0.2, 0.25) is 0 Å². The highest BCUT2D eigenvalue weighted by atomic mass is 79.9. The van der Waals surface area contributed by atoms with E-state index in [4.69, 9.17) is 0 Å².